The maximum atomic E-state index is 9.08. The summed E-state index contributed by atoms with van der Waals surface area (Å²) in [6.45, 7) is 8.53. The zero-order chi connectivity index (χ0) is 14.3. The Morgan fingerprint density at radius 3 is 2.68 bits per heavy atom. The molecule has 0 saturated heterocycles. The lowest BCUT2D eigenvalue weighted by molar-refractivity contribution is 0.250. The molecule has 19 heavy (non-hydrogen) atoms. The molecule has 1 aromatic carbocycles. The van der Waals surface area contributed by atoms with Crippen molar-refractivity contribution in [1.29, 1.82) is 0 Å². The molecule has 0 fully saturated rings. The van der Waals surface area contributed by atoms with Gasteiger partial charge in [0, 0.05) is 28.8 Å². The highest BCUT2D eigenvalue weighted by molar-refractivity contribution is 7.99. The highest BCUT2D eigenvalue weighted by atomic mass is 35.5. The van der Waals surface area contributed by atoms with Crippen LogP contribution in [0.1, 0.15) is 26.3 Å². The third kappa shape index (κ3) is 6.66. The molecule has 0 aromatic heterocycles. The normalized spacial score (nSPS) is 12.9. The van der Waals surface area contributed by atoms with Crippen LogP contribution in [0.3, 0.4) is 0 Å². The second kappa shape index (κ2) is 8.85. The van der Waals surface area contributed by atoms with Gasteiger partial charge < -0.3 is 10.4 Å². The van der Waals surface area contributed by atoms with Gasteiger partial charge in [-0.1, -0.05) is 32.4 Å². The van der Waals surface area contributed by atoms with Crippen molar-refractivity contribution >= 4 is 23.4 Å². The van der Waals surface area contributed by atoms with Gasteiger partial charge in [-0.15, -0.1) is 11.8 Å². The first-order valence-electron chi connectivity index (χ1n) is 6.75. The second-order valence-corrected chi connectivity index (χ2v) is 6.87. The minimum absolute atomic E-state index is 0.238. The first-order chi connectivity index (χ1) is 9.02. The quantitative estimate of drug-likeness (QED) is 0.716. The number of benzene rings is 1. The second-order valence-electron chi connectivity index (χ2n) is 5.38. The molecular formula is C15H24ClNOS. The molecule has 0 aliphatic carbocycles. The van der Waals surface area contributed by atoms with Crippen molar-refractivity contribution in [3.8, 4) is 0 Å². The number of thioether (sulfide) groups is 1. The van der Waals surface area contributed by atoms with Crippen molar-refractivity contribution in [2.45, 2.75) is 32.2 Å². The van der Waals surface area contributed by atoms with E-state index < -0.39 is 0 Å². The van der Waals surface area contributed by atoms with Crippen LogP contribution in [0, 0.1) is 11.8 Å². The summed E-state index contributed by atoms with van der Waals surface area (Å²) in [5, 5.41) is 13.3. The van der Waals surface area contributed by atoms with Crippen LogP contribution < -0.4 is 5.32 Å². The largest absolute Gasteiger partial charge is 0.396 e. The molecule has 2 nitrogen and oxygen atoms in total. The van der Waals surface area contributed by atoms with E-state index in [-0.39, 0.29) is 6.61 Å². The Labute approximate surface area is 125 Å². The van der Waals surface area contributed by atoms with Crippen LogP contribution in [0.4, 0.5) is 0 Å². The first kappa shape index (κ1) is 16.8. The number of rotatable bonds is 8. The van der Waals surface area contributed by atoms with Gasteiger partial charge >= 0.3 is 0 Å². The molecule has 0 radical (unpaired) electrons. The van der Waals surface area contributed by atoms with Crippen LogP contribution in [0.5, 0.6) is 0 Å². The maximum absolute atomic E-state index is 9.08. The zero-order valence-electron chi connectivity index (χ0n) is 11.9. The van der Waals surface area contributed by atoms with Crippen LogP contribution in [0.2, 0.25) is 5.02 Å². The van der Waals surface area contributed by atoms with E-state index in [2.05, 4.69) is 32.2 Å². The van der Waals surface area contributed by atoms with Gasteiger partial charge in [-0.05, 0) is 42.1 Å². The molecule has 1 atom stereocenters. The molecule has 2 N–H and O–H groups in total. The summed E-state index contributed by atoms with van der Waals surface area (Å²) >= 11 is 7.86. The van der Waals surface area contributed by atoms with Crippen molar-refractivity contribution in [3.05, 3.63) is 28.8 Å². The fourth-order valence-electron chi connectivity index (χ4n) is 1.61. The summed E-state index contributed by atoms with van der Waals surface area (Å²) < 4.78 is 0. The number of hydrogen-bond donors (Lipinski definition) is 2. The fourth-order valence-corrected chi connectivity index (χ4v) is 2.85. The molecule has 1 unspecified atom stereocenters. The van der Waals surface area contributed by atoms with Crippen LogP contribution in [0.25, 0.3) is 0 Å². The van der Waals surface area contributed by atoms with Crippen LogP contribution in [-0.2, 0) is 6.54 Å². The number of aliphatic hydroxyl groups is 1. The Morgan fingerprint density at radius 1 is 1.32 bits per heavy atom. The molecule has 108 valence electrons. The molecule has 1 aromatic rings. The highest BCUT2D eigenvalue weighted by Crippen LogP contribution is 2.27. The van der Waals surface area contributed by atoms with Gasteiger partial charge in [-0.3, -0.25) is 0 Å². The van der Waals surface area contributed by atoms with E-state index in [0.717, 1.165) is 23.9 Å². The van der Waals surface area contributed by atoms with Crippen LogP contribution >= 0.6 is 23.4 Å². The van der Waals surface area contributed by atoms with Gasteiger partial charge in [0.15, 0.2) is 0 Å². The van der Waals surface area contributed by atoms with E-state index in [1.54, 1.807) is 11.8 Å². The van der Waals surface area contributed by atoms with Crippen molar-refractivity contribution in [3.63, 3.8) is 0 Å². The lowest BCUT2D eigenvalue weighted by atomic mass is 10.2. The van der Waals surface area contributed by atoms with Crippen molar-refractivity contribution < 1.29 is 5.11 Å². The average molecular weight is 302 g/mol. The van der Waals surface area contributed by atoms with Gasteiger partial charge in [0.05, 0.1) is 0 Å². The molecule has 0 aliphatic rings. The molecule has 0 heterocycles. The molecule has 4 heteroatoms. The predicted molar refractivity (Wildman–Crippen MR) is 85.0 cm³/mol. The number of halogens is 1. The summed E-state index contributed by atoms with van der Waals surface area (Å²) in [5.74, 6) is 1.89. The Morgan fingerprint density at radius 2 is 2.05 bits per heavy atom. The summed E-state index contributed by atoms with van der Waals surface area (Å²) in [4.78, 5) is 1.25. The SMILES string of the molecule is CC(C)CNCc1cc(Cl)ccc1SCC(C)CO. The van der Waals surface area contributed by atoms with E-state index >= 15 is 0 Å². The van der Waals surface area contributed by atoms with Crippen molar-refractivity contribution in [2.75, 3.05) is 18.9 Å². The molecule has 1 rings (SSSR count). The minimum Gasteiger partial charge on any atom is -0.396 e. The number of nitrogens with one attached hydrogen (secondary N) is 1. The third-order valence-electron chi connectivity index (χ3n) is 2.73. The van der Waals surface area contributed by atoms with Crippen LogP contribution in [0.15, 0.2) is 23.1 Å². The molecule has 0 saturated carbocycles. The molecular weight excluding hydrogens is 278 g/mol. The lowest BCUT2D eigenvalue weighted by Crippen LogP contribution is -2.19. The van der Waals surface area contributed by atoms with E-state index in [4.69, 9.17) is 16.7 Å². The van der Waals surface area contributed by atoms with Gasteiger partial charge in [0.25, 0.3) is 0 Å². The Balaban J connectivity index is 2.63. The highest BCUT2D eigenvalue weighted by Gasteiger charge is 2.07. The van der Waals surface area contributed by atoms with Crippen molar-refractivity contribution in [2.24, 2.45) is 11.8 Å². The van der Waals surface area contributed by atoms with E-state index in [1.807, 2.05) is 12.1 Å². The van der Waals surface area contributed by atoms with Gasteiger partial charge in [0.2, 0.25) is 0 Å². The summed E-state index contributed by atoms with van der Waals surface area (Å²) in [6, 6.07) is 6.03. The number of aliphatic hydroxyl groups excluding tert-OH is 1. The minimum atomic E-state index is 0.238. The predicted octanol–water partition coefficient (Wildman–Crippen LogP) is 3.81. The summed E-state index contributed by atoms with van der Waals surface area (Å²) in [6.07, 6.45) is 0. The molecule has 0 aliphatic heterocycles. The summed E-state index contributed by atoms with van der Waals surface area (Å²) in [5.41, 5.74) is 1.24. The average Bonchev–Trinajstić information content (AvgIpc) is 2.37. The Kier molecular flexibility index (Phi) is 7.84. The monoisotopic (exact) mass is 301 g/mol. The van der Waals surface area contributed by atoms with Gasteiger partial charge in [-0.25, -0.2) is 0 Å². The van der Waals surface area contributed by atoms with Gasteiger partial charge in [0.1, 0.15) is 0 Å². The Bertz CT molecular complexity index is 384. The van der Waals surface area contributed by atoms with E-state index in [1.165, 1.54) is 10.5 Å². The Hall–Kier alpha value is -0.220. The third-order valence-corrected chi connectivity index (χ3v) is 4.41. The number of hydrogen-bond acceptors (Lipinski definition) is 3. The van der Waals surface area contributed by atoms with Gasteiger partial charge in [-0.2, -0.15) is 0 Å². The topological polar surface area (TPSA) is 32.3 Å². The maximum Gasteiger partial charge on any atom is 0.0464 e. The fraction of sp³-hybridized carbons (Fsp3) is 0.600. The zero-order valence-corrected chi connectivity index (χ0v) is 13.5. The molecule has 0 spiro atoms. The van der Waals surface area contributed by atoms with E-state index in [9.17, 15) is 0 Å². The lowest BCUT2D eigenvalue weighted by Gasteiger charge is -2.13. The smallest absolute Gasteiger partial charge is 0.0464 e. The van der Waals surface area contributed by atoms with E-state index in [0.29, 0.717) is 11.8 Å². The molecule has 0 bridgehead atoms. The van der Waals surface area contributed by atoms with Crippen LogP contribution in [-0.4, -0.2) is 24.0 Å². The summed E-state index contributed by atoms with van der Waals surface area (Å²) in [7, 11) is 0. The first-order valence-corrected chi connectivity index (χ1v) is 8.12. The standard InChI is InChI=1S/C15H24ClNOS/c1-11(2)7-17-8-13-6-14(16)4-5-15(13)19-10-12(3)9-18/h4-6,11-12,17-18H,7-10H2,1-3H3. The molecule has 0 amide bonds. The van der Waals surface area contributed by atoms with Crippen molar-refractivity contribution in [1.82, 2.24) is 5.32 Å².